The van der Waals surface area contributed by atoms with E-state index in [0.29, 0.717) is 50.5 Å². The number of carbonyl (C=O) groups excluding carboxylic acids is 1. The summed E-state index contributed by atoms with van der Waals surface area (Å²) >= 11 is 0. The number of carbonyl (C=O) groups is 1. The lowest BCUT2D eigenvalue weighted by molar-refractivity contribution is -0.384. The van der Waals surface area contributed by atoms with E-state index in [4.69, 9.17) is 10.5 Å². The van der Waals surface area contributed by atoms with Gasteiger partial charge in [0.25, 0.3) is 5.91 Å². The number of hydrogen-bond donors (Lipinski definition) is 1. The smallest absolute Gasteiger partial charge is 0.311 e. The fourth-order valence-electron chi connectivity index (χ4n) is 4.45. The van der Waals surface area contributed by atoms with Crippen molar-refractivity contribution in [1.29, 1.82) is 0 Å². The fraction of sp³-hybridized carbons (Fsp3) is 0.269. The molecule has 0 aliphatic carbocycles. The molecule has 4 aromatic rings. The minimum Gasteiger partial charge on any atom is -0.378 e. The van der Waals surface area contributed by atoms with Crippen molar-refractivity contribution in [2.24, 2.45) is 0 Å². The van der Waals surface area contributed by atoms with Crippen LogP contribution in [0.2, 0.25) is 0 Å². The number of nitrogen functional groups attached to an aromatic ring is 1. The number of amides is 1. The van der Waals surface area contributed by atoms with Crippen LogP contribution in [0.25, 0.3) is 16.8 Å². The van der Waals surface area contributed by atoms with Crippen LogP contribution < -0.4 is 5.73 Å². The van der Waals surface area contributed by atoms with Gasteiger partial charge in [0.15, 0.2) is 0 Å². The highest BCUT2D eigenvalue weighted by atomic mass is 16.6. The topological polar surface area (TPSA) is 134 Å². The van der Waals surface area contributed by atoms with Gasteiger partial charge in [0, 0.05) is 67.4 Å². The molecule has 1 aromatic carbocycles. The quantitative estimate of drug-likeness (QED) is 0.289. The van der Waals surface area contributed by atoms with E-state index >= 15 is 0 Å². The van der Waals surface area contributed by atoms with Gasteiger partial charge in [-0.3, -0.25) is 14.9 Å². The van der Waals surface area contributed by atoms with Crippen molar-refractivity contribution >= 4 is 17.4 Å². The van der Waals surface area contributed by atoms with Gasteiger partial charge in [-0.15, -0.1) is 0 Å². The predicted molar refractivity (Wildman–Crippen MR) is 137 cm³/mol. The molecule has 1 amide bonds. The molecule has 37 heavy (non-hydrogen) atoms. The van der Waals surface area contributed by atoms with Crippen molar-refractivity contribution in [3.05, 3.63) is 88.9 Å². The standard InChI is InChI=1S/C26H27N7O4/c27-25-24(33(35)36)8-5-20(29-25)2-1-10-30-16-22(23(17-30)26(34)31-12-14-37-15-13-31)19-3-6-21(7-4-19)32-11-9-28-18-32/h3-9,11,16-18H,1-2,10,12-15H2,(H2,27,29). The first-order valence-corrected chi connectivity index (χ1v) is 12.0. The summed E-state index contributed by atoms with van der Waals surface area (Å²) in [6, 6.07) is 11.0. The van der Waals surface area contributed by atoms with Gasteiger partial charge < -0.3 is 24.5 Å². The highest BCUT2D eigenvalue weighted by Gasteiger charge is 2.23. The number of ether oxygens (including phenoxy) is 1. The average Bonchev–Trinajstić information content (AvgIpc) is 3.60. The number of benzene rings is 1. The first-order valence-electron chi connectivity index (χ1n) is 12.0. The molecule has 0 atom stereocenters. The Labute approximate surface area is 213 Å². The van der Waals surface area contributed by atoms with Crippen molar-refractivity contribution in [2.45, 2.75) is 19.4 Å². The molecule has 0 saturated carbocycles. The van der Waals surface area contributed by atoms with Crippen molar-refractivity contribution in [3.8, 4) is 16.8 Å². The van der Waals surface area contributed by atoms with Gasteiger partial charge in [-0.1, -0.05) is 12.1 Å². The molecule has 1 aliphatic rings. The highest BCUT2D eigenvalue weighted by Crippen LogP contribution is 2.28. The third kappa shape index (κ3) is 5.36. The molecule has 3 aromatic heterocycles. The van der Waals surface area contributed by atoms with E-state index in [0.717, 1.165) is 23.2 Å². The summed E-state index contributed by atoms with van der Waals surface area (Å²) < 4.78 is 9.36. The molecule has 190 valence electrons. The number of hydrogen-bond acceptors (Lipinski definition) is 7. The molecular formula is C26H27N7O4. The van der Waals surface area contributed by atoms with Crippen molar-refractivity contribution < 1.29 is 14.5 Å². The third-order valence-corrected chi connectivity index (χ3v) is 6.40. The lowest BCUT2D eigenvalue weighted by Gasteiger charge is -2.27. The maximum Gasteiger partial charge on any atom is 0.311 e. The number of nitrogens with two attached hydrogens (primary N) is 1. The Bertz CT molecular complexity index is 1390. The van der Waals surface area contributed by atoms with Gasteiger partial charge in [-0.25, -0.2) is 9.97 Å². The predicted octanol–water partition coefficient (Wildman–Crippen LogP) is 3.33. The third-order valence-electron chi connectivity index (χ3n) is 6.40. The zero-order valence-corrected chi connectivity index (χ0v) is 20.2. The van der Waals surface area contributed by atoms with Gasteiger partial charge in [-0.2, -0.15) is 0 Å². The molecule has 0 bridgehead atoms. The number of aryl methyl sites for hydroxylation is 2. The van der Waals surface area contributed by atoms with Crippen LogP contribution in [0.15, 0.2) is 67.5 Å². The second kappa shape index (κ2) is 10.6. The van der Waals surface area contributed by atoms with Crippen molar-refractivity contribution in [1.82, 2.24) is 24.0 Å². The Kier molecular flexibility index (Phi) is 6.95. The van der Waals surface area contributed by atoms with E-state index in [2.05, 4.69) is 9.97 Å². The van der Waals surface area contributed by atoms with Crippen LogP contribution in [0.1, 0.15) is 22.5 Å². The Morgan fingerprint density at radius 2 is 1.89 bits per heavy atom. The van der Waals surface area contributed by atoms with Crippen molar-refractivity contribution in [2.75, 3.05) is 32.0 Å². The van der Waals surface area contributed by atoms with Gasteiger partial charge in [0.05, 0.1) is 30.0 Å². The summed E-state index contributed by atoms with van der Waals surface area (Å²) in [4.78, 5) is 34.0. The van der Waals surface area contributed by atoms with Crippen LogP contribution >= 0.6 is 0 Å². The zero-order chi connectivity index (χ0) is 25.8. The summed E-state index contributed by atoms with van der Waals surface area (Å²) in [6.45, 7) is 2.85. The van der Waals surface area contributed by atoms with Gasteiger partial charge in [-0.05, 0) is 36.6 Å². The Morgan fingerprint density at radius 3 is 2.57 bits per heavy atom. The summed E-state index contributed by atoms with van der Waals surface area (Å²) in [6.07, 6.45) is 10.6. The molecule has 5 rings (SSSR count). The second-order valence-electron chi connectivity index (χ2n) is 8.81. The summed E-state index contributed by atoms with van der Waals surface area (Å²) in [5, 5.41) is 11.0. The number of morpholine rings is 1. The number of nitro groups is 1. The first-order chi connectivity index (χ1) is 18.0. The Morgan fingerprint density at radius 1 is 1.11 bits per heavy atom. The van der Waals surface area contributed by atoms with Crippen LogP contribution in [0, 0.1) is 10.1 Å². The SMILES string of the molecule is Nc1nc(CCCn2cc(C(=O)N3CCOCC3)c(-c3ccc(-n4ccnc4)cc3)c2)ccc1[N+](=O)[O-]. The summed E-state index contributed by atoms with van der Waals surface area (Å²) in [5.41, 5.74) is 9.67. The largest absolute Gasteiger partial charge is 0.378 e. The molecule has 1 aliphatic heterocycles. The number of nitrogens with zero attached hydrogens (tertiary/aromatic N) is 6. The number of aromatic nitrogens is 4. The minimum atomic E-state index is -0.539. The molecule has 1 saturated heterocycles. The van der Waals surface area contributed by atoms with Crippen LogP contribution in [-0.4, -0.2) is 61.1 Å². The normalized spacial score (nSPS) is 13.6. The molecular weight excluding hydrogens is 474 g/mol. The van der Waals surface area contributed by atoms with Gasteiger partial charge in [0.2, 0.25) is 5.82 Å². The number of pyridine rings is 1. The molecule has 1 fully saturated rings. The van der Waals surface area contributed by atoms with Crippen LogP contribution in [0.5, 0.6) is 0 Å². The fourth-order valence-corrected chi connectivity index (χ4v) is 4.45. The monoisotopic (exact) mass is 501 g/mol. The zero-order valence-electron chi connectivity index (χ0n) is 20.2. The van der Waals surface area contributed by atoms with Crippen LogP contribution in [0.3, 0.4) is 0 Å². The molecule has 0 radical (unpaired) electrons. The second-order valence-corrected chi connectivity index (χ2v) is 8.81. The van der Waals surface area contributed by atoms with Gasteiger partial charge in [0.1, 0.15) is 0 Å². The number of rotatable bonds is 8. The van der Waals surface area contributed by atoms with E-state index in [-0.39, 0.29) is 17.4 Å². The van der Waals surface area contributed by atoms with Crippen LogP contribution in [-0.2, 0) is 17.7 Å². The molecule has 4 heterocycles. The minimum absolute atomic E-state index is 0.0134. The first kappa shape index (κ1) is 24.2. The maximum absolute atomic E-state index is 13.4. The highest BCUT2D eigenvalue weighted by molar-refractivity contribution is 6.01. The molecule has 2 N–H and O–H groups in total. The lowest BCUT2D eigenvalue weighted by atomic mass is 10.0. The molecule has 0 unspecified atom stereocenters. The summed E-state index contributed by atoms with van der Waals surface area (Å²) in [5.74, 6) is -0.0937. The maximum atomic E-state index is 13.4. The molecule has 11 heteroatoms. The van der Waals surface area contributed by atoms with Crippen LogP contribution in [0.4, 0.5) is 11.5 Å². The van der Waals surface area contributed by atoms with E-state index in [9.17, 15) is 14.9 Å². The number of imidazole rings is 1. The number of anilines is 1. The van der Waals surface area contributed by atoms with E-state index in [1.54, 1.807) is 18.6 Å². The average molecular weight is 502 g/mol. The van der Waals surface area contributed by atoms with E-state index in [1.165, 1.54) is 6.07 Å². The molecule has 0 spiro atoms. The van der Waals surface area contributed by atoms with E-state index in [1.807, 2.05) is 56.9 Å². The van der Waals surface area contributed by atoms with Crippen molar-refractivity contribution in [3.63, 3.8) is 0 Å². The summed E-state index contributed by atoms with van der Waals surface area (Å²) in [7, 11) is 0. The Balaban J connectivity index is 1.36. The Hall–Kier alpha value is -4.51. The molecule has 11 nitrogen and oxygen atoms in total. The van der Waals surface area contributed by atoms with Gasteiger partial charge >= 0.3 is 5.69 Å². The lowest BCUT2D eigenvalue weighted by Crippen LogP contribution is -2.40. The van der Waals surface area contributed by atoms with E-state index < -0.39 is 4.92 Å².